The Balaban J connectivity index is 2.31. The first-order valence-corrected chi connectivity index (χ1v) is 5.46. The maximum absolute atomic E-state index is 9.07. The normalized spacial score (nSPS) is 12.7. The highest BCUT2D eigenvalue weighted by Crippen LogP contribution is 2.12. The standard InChI is InChI=1S/C9H14N2O2S/c10-9-3-1-2-7(11-9)5-14-6-8(13)4-12/h1-3,8,12-13H,4-6H2,(H2,10,11). The van der Waals surface area contributed by atoms with Gasteiger partial charge in [0.25, 0.3) is 0 Å². The van der Waals surface area contributed by atoms with Gasteiger partial charge < -0.3 is 15.9 Å². The number of anilines is 1. The molecule has 1 rings (SSSR count). The van der Waals surface area contributed by atoms with Crippen molar-refractivity contribution in [1.82, 2.24) is 4.98 Å². The Morgan fingerprint density at radius 3 is 2.93 bits per heavy atom. The molecule has 0 aliphatic rings. The number of aromatic nitrogens is 1. The highest BCUT2D eigenvalue weighted by Gasteiger charge is 2.02. The molecule has 14 heavy (non-hydrogen) atoms. The molecule has 0 bridgehead atoms. The Kier molecular flexibility index (Phi) is 4.72. The van der Waals surface area contributed by atoms with E-state index in [1.807, 2.05) is 12.1 Å². The Hall–Kier alpha value is -0.780. The number of thioether (sulfide) groups is 1. The number of hydrogen-bond donors (Lipinski definition) is 3. The summed E-state index contributed by atoms with van der Waals surface area (Å²) in [5.74, 6) is 1.71. The molecule has 5 heteroatoms. The van der Waals surface area contributed by atoms with Crippen LogP contribution in [0.5, 0.6) is 0 Å². The van der Waals surface area contributed by atoms with Crippen LogP contribution >= 0.6 is 11.8 Å². The number of nitrogens with zero attached hydrogens (tertiary/aromatic N) is 1. The van der Waals surface area contributed by atoms with Gasteiger partial charge in [0.15, 0.2) is 0 Å². The van der Waals surface area contributed by atoms with Gasteiger partial charge in [-0.3, -0.25) is 0 Å². The molecule has 0 fully saturated rings. The lowest BCUT2D eigenvalue weighted by molar-refractivity contribution is 0.113. The third kappa shape index (κ3) is 3.95. The lowest BCUT2D eigenvalue weighted by Crippen LogP contribution is -2.14. The summed E-state index contributed by atoms with van der Waals surface area (Å²) >= 11 is 1.52. The lowest BCUT2D eigenvalue weighted by Gasteiger charge is -2.06. The van der Waals surface area contributed by atoms with Crippen LogP contribution in [0.2, 0.25) is 0 Å². The van der Waals surface area contributed by atoms with E-state index in [2.05, 4.69) is 4.98 Å². The van der Waals surface area contributed by atoms with Crippen LogP contribution in [0.15, 0.2) is 18.2 Å². The van der Waals surface area contributed by atoms with E-state index in [0.717, 1.165) is 5.69 Å². The van der Waals surface area contributed by atoms with Crippen molar-refractivity contribution in [3.05, 3.63) is 23.9 Å². The number of aliphatic hydroxyl groups is 2. The van der Waals surface area contributed by atoms with Crippen molar-refractivity contribution in [1.29, 1.82) is 0 Å². The molecule has 1 aromatic heterocycles. The van der Waals surface area contributed by atoms with Crippen LogP contribution in [0.1, 0.15) is 5.69 Å². The first kappa shape index (κ1) is 11.3. The smallest absolute Gasteiger partial charge is 0.123 e. The summed E-state index contributed by atoms with van der Waals surface area (Å²) in [4.78, 5) is 4.11. The van der Waals surface area contributed by atoms with E-state index in [4.69, 9.17) is 15.9 Å². The summed E-state index contributed by atoms with van der Waals surface area (Å²) in [6.45, 7) is -0.197. The molecule has 0 aliphatic heterocycles. The van der Waals surface area contributed by atoms with E-state index in [9.17, 15) is 0 Å². The van der Waals surface area contributed by atoms with Crippen LogP contribution < -0.4 is 5.73 Å². The van der Waals surface area contributed by atoms with Crippen LogP contribution in [0.25, 0.3) is 0 Å². The second-order valence-corrected chi connectivity index (χ2v) is 3.94. The number of nitrogen functional groups attached to an aromatic ring is 1. The van der Waals surface area contributed by atoms with Crippen LogP contribution in [-0.4, -0.2) is 33.7 Å². The van der Waals surface area contributed by atoms with Crippen LogP contribution in [0.4, 0.5) is 5.82 Å². The predicted molar refractivity (Wildman–Crippen MR) is 57.9 cm³/mol. The van der Waals surface area contributed by atoms with E-state index in [-0.39, 0.29) is 6.61 Å². The Bertz CT molecular complexity index is 283. The fourth-order valence-electron chi connectivity index (χ4n) is 0.931. The SMILES string of the molecule is Nc1cccc(CSCC(O)CO)n1. The molecular weight excluding hydrogens is 200 g/mol. The zero-order valence-corrected chi connectivity index (χ0v) is 8.57. The molecule has 0 aromatic carbocycles. The Morgan fingerprint density at radius 2 is 2.29 bits per heavy atom. The largest absolute Gasteiger partial charge is 0.394 e. The van der Waals surface area contributed by atoms with Gasteiger partial charge in [-0.1, -0.05) is 6.07 Å². The molecule has 0 radical (unpaired) electrons. The predicted octanol–water partition coefficient (Wildman–Crippen LogP) is 0.250. The summed E-state index contributed by atoms with van der Waals surface area (Å²) in [6.07, 6.45) is -0.652. The minimum Gasteiger partial charge on any atom is -0.394 e. The average molecular weight is 214 g/mol. The summed E-state index contributed by atoms with van der Waals surface area (Å²) in [5, 5.41) is 17.7. The topological polar surface area (TPSA) is 79.4 Å². The molecular formula is C9H14N2O2S. The average Bonchev–Trinajstić information content (AvgIpc) is 2.17. The van der Waals surface area contributed by atoms with Gasteiger partial charge in [0, 0.05) is 11.5 Å². The van der Waals surface area contributed by atoms with Gasteiger partial charge in [-0.15, -0.1) is 0 Å². The second kappa shape index (κ2) is 5.85. The van der Waals surface area contributed by atoms with E-state index < -0.39 is 6.10 Å². The van der Waals surface area contributed by atoms with Gasteiger partial charge in [0.1, 0.15) is 5.82 Å². The first-order valence-electron chi connectivity index (χ1n) is 4.30. The molecule has 4 N–H and O–H groups in total. The zero-order valence-electron chi connectivity index (χ0n) is 7.76. The highest BCUT2D eigenvalue weighted by molar-refractivity contribution is 7.98. The van der Waals surface area contributed by atoms with E-state index in [1.54, 1.807) is 6.07 Å². The fourth-order valence-corrected chi connectivity index (χ4v) is 1.80. The van der Waals surface area contributed by atoms with Crippen molar-refractivity contribution in [2.24, 2.45) is 0 Å². The van der Waals surface area contributed by atoms with Crippen molar-refractivity contribution in [3.63, 3.8) is 0 Å². The summed E-state index contributed by atoms with van der Waals surface area (Å²) in [6, 6.07) is 5.46. The molecule has 4 nitrogen and oxygen atoms in total. The number of nitrogens with two attached hydrogens (primary N) is 1. The fraction of sp³-hybridized carbons (Fsp3) is 0.444. The molecule has 0 aliphatic carbocycles. The summed E-state index contributed by atoms with van der Waals surface area (Å²) in [5.41, 5.74) is 6.40. The molecule has 0 saturated heterocycles. The molecule has 1 unspecified atom stereocenters. The minimum absolute atomic E-state index is 0.197. The first-order chi connectivity index (χ1) is 6.72. The minimum atomic E-state index is -0.652. The molecule has 0 amide bonds. The molecule has 1 aromatic rings. The molecule has 0 spiro atoms. The van der Waals surface area contributed by atoms with Crippen molar-refractivity contribution >= 4 is 17.6 Å². The van der Waals surface area contributed by atoms with E-state index >= 15 is 0 Å². The summed E-state index contributed by atoms with van der Waals surface area (Å²) < 4.78 is 0. The lowest BCUT2D eigenvalue weighted by atomic mass is 10.4. The quantitative estimate of drug-likeness (QED) is 0.655. The number of rotatable bonds is 5. The zero-order chi connectivity index (χ0) is 10.4. The van der Waals surface area contributed by atoms with Crippen LogP contribution in [0.3, 0.4) is 0 Å². The van der Waals surface area contributed by atoms with Crippen LogP contribution in [0, 0.1) is 0 Å². The summed E-state index contributed by atoms with van der Waals surface area (Å²) in [7, 11) is 0. The highest BCUT2D eigenvalue weighted by atomic mass is 32.2. The van der Waals surface area contributed by atoms with Gasteiger partial charge in [-0.2, -0.15) is 11.8 Å². The number of hydrogen-bond acceptors (Lipinski definition) is 5. The Labute approximate surface area is 87.2 Å². The molecule has 0 saturated carbocycles. The Morgan fingerprint density at radius 1 is 1.50 bits per heavy atom. The monoisotopic (exact) mass is 214 g/mol. The van der Waals surface area contributed by atoms with Crippen molar-refractivity contribution in [2.45, 2.75) is 11.9 Å². The third-order valence-corrected chi connectivity index (χ3v) is 2.72. The molecule has 78 valence electrons. The third-order valence-electron chi connectivity index (χ3n) is 1.60. The van der Waals surface area contributed by atoms with E-state index in [1.165, 1.54) is 11.8 Å². The van der Waals surface area contributed by atoms with Crippen molar-refractivity contribution in [3.8, 4) is 0 Å². The van der Waals surface area contributed by atoms with Gasteiger partial charge in [-0.25, -0.2) is 4.98 Å². The maximum atomic E-state index is 9.07. The van der Waals surface area contributed by atoms with Crippen molar-refractivity contribution in [2.75, 3.05) is 18.1 Å². The van der Waals surface area contributed by atoms with E-state index in [0.29, 0.717) is 17.3 Å². The molecule has 1 atom stereocenters. The van der Waals surface area contributed by atoms with Gasteiger partial charge in [0.2, 0.25) is 0 Å². The van der Waals surface area contributed by atoms with Crippen LogP contribution in [-0.2, 0) is 5.75 Å². The maximum Gasteiger partial charge on any atom is 0.123 e. The molecule has 1 heterocycles. The number of pyridine rings is 1. The van der Waals surface area contributed by atoms with Gasteiger partial charge in [-0.05, 0) is 12.1 Å². The van der Waals surface area contributed by atoms with Gasteiger partial charge >= 0.3 is 0 Å². The number of aliphatic hydroxyl groups excluding tert-OH is 2. The van der Waals surface area contributed by atoms with Gasteiger partial charge in [0.05, 0.1) is 18.4 Å². The second-order valence-electron chi connectivity index (χ2n) is 2.91. The van der Waals surface area contributed by atoms with Crippen molar-refractivity contribution < 1.29 is 10.2 Å².